The molecule has 3 heterocycles. The summed E-state index contributed by atoms with van der Waals surface area (Å²) in [5.74, 6) is -0.152. The van der Waals surface area contributed by atoms with Crippen LogP contribution in [0.4, 0.5) is 0 Å². The second-order valence-electron chi connectivity index (χ2n) is 6.24. The lowest BCUT2D eigenvalue weighted by molar-refractivity contribution is 0.0383. The minimum atomic E-state index is -0.152. The first kappa shape index (κ1) is 17.1. The lowest BCUT2D eigenvalue weighted by Crippen LogP contribution is -2.41. The lowest BCUT2D eigenvalue weighted by atomic mass is 10.3. The summed E-state index contributed by atoms with van der Waals surface area (Å²) in [5, 5.41) is 8.18. The number of carbonyl (C=O) groups is 1. The zero-order valence-corrected chi connectivity index (χ0v) is 15.5. The van der Waals surface area contributed by atoms with Gasteiger partial charge in [0.05, 0.1) is 29.1 Å². The van der Waals surface area contributed by atoms with E-state index in [2.05, 4.69) is 20.3 Å². The van der Waals surface area contributed by atoms with Crippen molar-refractivity contribution in [2.24, 2.45) is 7.05 Å². The largest absolute Gasteiger partial charge is 0.379 e. The predicted molar refractivity (Wildman–Crippen MR) is 101 cm³/mol. The molecule has 1 aliphatic rings. The molecule has 1 aliphatic heterocycles. The molecule has 1 amide bonds. The number of ether oxygens (including phenoxy) is 1. The molecule has 0 aliphatic carbocycles. The molecule has 136 valence electrons. The molecule has 0 spiro atoms. The van der Waals surface area contributed by atoms with Gasteiger partial charge in [0.1, 0.15) is 5.01 Å². The van der Waals surface area contributed by atoms with Gasteiger partial charge in [-0.1, -0.05) is 12.1 Å². The predicted octanol–water partition coefficient (Wildman–Crippen LogP) is 1.76. The van der Waals surface area contributed by atoms with E-state index in [0.717, 1.165) is 53.8 Å². The van der Waals surface area contributed by atoms with Crippen LogP contribution >= 0.6 is 11.3 Å². The molecule has 0 unspecified atom stereocenters. The molecule has 3 aromatic rings. The van der Waals surface area contributed by atoms with Crippen molar-refractivity contribution in [2.45, 2.75) is 0 Å². The Labute approximate surface area is 155 Å². The third-order valence-corrected chi connectivity index (χ3v) is 5.50. The number of morpholine rings is 1. The molecule has 26 heavy (non-hydrogen) atoms. The number of amides is 1. The van der Waals surface area contributed by atoms with Crippen LogP contribution in [0, 0.1) is 0 Å². The molecule has 7 nitrogen and oxygen atoms in total. The highest BCUT2D eigenvalue weighted by molar-refractivity contribution is 7.21. The maximum atomic E-state index is 12.4. The number of hydrogen-bond donors (Lipinski definition) is 1. The molecule has 1 saturated heterocycles. The van der Waals surface area contributed by atoms with Gasteiger partial charge in [-0.3, -0.25) is 14.4 Å². The summed E-state index contributed by atoms with van der Waals surface area (Å²) in [6, 6.07) is 9.82. The summed E-state index contributed by atoms with van der Waals surface area (Å²) in [5.41, 5.74) is 2.23. The van der Waals surface area contributed by atoms with Crippen molar-refractivity contribution in [1.82, 2.24) is 25.0 Å². The maximum Gasteiger partial charge on any atom is 0.271 e. The topological polar surface area (TPSA) is 72.3 Å². The van der Waals surface area contributed by atoms with Gasteiger partial charge in [-0.15, -0.1) is 11.3 Å². The molecule has 0 saturated carbocycles. The molecule has 0 atom stereocenters. The summed E-state index contributed by atoms with van der Waals surface area (Å²) in [4.78, 5) is 19.3. The first-order valence-electron chi connectivity index (χ1n) is 8.69. The normalized spacial score (nSPS) is 15.4. The van der Waals surface area contributed by atoms with Gasteiger partial charge in [-0.25, -0.2) is 4.98 Å². The Bertz CT molecular complexity index is 880. The zero-order valence-electron chi connectivity index (χ0n) is 14.6. The van der Waals surface area contributed by atoms with Crippen molar-refractivity contribution in [3.63, 3.8) is 0 Å². The van der Waals surface area contributed by atoms with E-state index in [1.54, 1.807) is 16.0 Å². The van der Waals surface area contributed by atoms with Gasteiger partial charge in [0, 0.05) is 33.2 Å². The summed E-state index contributed by atoms with van der Waals surface area (Å²) in [6.07, 6.45) is 0. The SMILES string of the molecule is Cn1nc(C(=O)NCCN2CCOCC2)cc1-c1nc2ccccc2s1. The Morgan fingerprint density at radius 1 is 1.31 bits per heavy atom. The van der Waals surface area contributed by atoms with Crippen molar-refractivity contribution in [3.8, 4) is 10.7 Å². The molecular weight excluding hydrogens is 350 g/mol. The number of carbonyl (C=O) groups excluding carboxylic acids is 1. The quantitative estimate of drug-likeness (QED) is 0.740. The molecule has 1 N–H and O–H groups in total. The van der Waals surface area contributed by atoms with Crippen LogP contribution in [0.5, 0.6) is 0 Å². The number of thiazole rings is 1. The minimum Gasteiger partial charge on any atom is -0.379 e. The number of nitrogens with zero attached hydrogens (tertiary/aromatic N) is 4. The molecule has 1 fully saturated rings. The van der Waals surface area contributed by atoms with E-state index >= 15 is 0 Å². The number of rotatable bonds is 5. The number of para-hydroxylation sites is 1. The van der Waals surface area contributed by atoms with Crippen LogP contribution in [-0.4, -0.2) is 65.0 Å². The fraction of sp³-hybridized carbons (Fsp3) is 0.389. The monoisotopic (exact) mass is 371 g/mol. The third-order valence-electron chi connectivity index (χ3n) is 4.44. The second-order valence-corrected chi connectivity index (χ2v) is 7.27. The Balaban J connectivity index is 1.42. The highest BCUT2D eigenvalue weighted by Gasteiger charge is 2.17. The van der Waals surface area contributed by atoms with Crippen LogP contribution in [0.15, 0.2) is 30.3 Å². The first-order chi connectivity index (χ1) is 12.7. The Kier molecular flexibility index (Phi) is 4.96. The fourth-order valence-corrected chi connectivity index (χ4v) is 4.02. The molecule has 0 radical (unpaired) electrons. The van der Waals surface area contributed by atoms with E-state index in [1.165, 1.54) is 0 Å². The fourth-order valence-electron chi connectivity index (χ4n) is 3.00. The van der Waals surface area contributed by atoms with Crippen molar-refractivity contribution < 1.29 is 9.53 Å². The van der Waals surface area contributed by atoms with Crippen molar-refractivity contribution in [1.29, 1.82) is 0 Å². The first-order valence-corrected chi connectivity index (χ1v) is 9.50. The van der Waals surface area contributed by atoms with Gasteiger partial charge in [-0.05, 0) is 18.2 Å². The van der Waals surface area contributed by atoms with Crippen molar-refractivity contribution in [3.05, 3.63) is 36.0 Å². The second kappa shape index (κ2) is 7.53. The number of benzene rings is 1. The zero-order chi connectivity index (χ0) is 17.9. The average Bonchev–Trinajstić information content (AvgIpc) is 3.25. The molecule has 4 rings (SSSR count). The van der Waals surface area contributed by atoms with Crippen molar-refractivity contribution >= 4 is 27.5 Å². The number of hydrogen-bond acceptors (Lipinski definition) is 6. The maximum absolute atomic E-state index is 12.4. The standard InChI is InChI=1S/C18H21N5O2S/c1-22-15(18-20-13-4-2-3-5-16(13)26-18)12-14(21-22)17(24)19-6-7-23-8-10-25-11-9-23/h2-5,12H,6-11H2,1H3,(H,19,24). The van der Waals surface area contributed by atoms with Crippen LogP contribution in [-0.2, 0) is 11.8 Å². The summed E-state index contributed by atoms with van der Waals surface area (Å²) in [6.45, 7) is 4.79. The highest BCUT2D eigenvalue weighted by Crippen LogP contribution is 2.30. The van der Waals surface area contributed by atoms with Gasteiger partial charge < -0.3 is 10.1 Å². The smallest absolute Gasteiger partial charge is 0.271 e. The van der Waals surface area contributed by atoms with E-state index in [1.807, 2.05) is 37.4 Å². The van der Waals surface area contributed by atoms with Gasteiger partial charge in [-0.2, -0.15) is 5.10 Å². The molecular formula is C18H21N5O2S. The number of aryl methyl sites for hydroxylation is 1. The molecule has 0 bridgehead atoms. The van der Waals surface area contributed by atoms with Crippen molar-refractivity contribution in [2.75, 3.05) is 39.4 Å². The van der Waals surface area contributed by atoms with Gasteiger partial charge in [0.2, 0.25) is 0 Å². The van der Waals surface area contributed by atoms with Crippen LogP contribution in [0.2, 0.25) is 0 Å². The van der Waals surface area contributed by atoms with E-state index < -0.39 is 0 Å². The lowest BCUT2D eigenvalue weighted by Gasteiger charge is -2.26. The van der Waals surface area contributed by atoms with E-state index in [9.17, 15) is 4.79 Å². The summed E-state index contributed by atoms with van der Waals surface area (Å²) >= 11 is 1.60. The Hall–Kier alpha value is -2.29. The Morgan fingerprint density at radius 3 is 2.92 bits per heavy atom. The van der Waals surface area contributed by atoms with Crippen LogP contribution < -0.4 is 5.32 Å². The third kappa shape index (κ3) is 3.62. The van der Waals surface area contributed by atoms with Crippen LogP contribution in [0.25, 0.3) is 20.9 Å². The van der Waals surface area contributed by atoms with Crippen LogP contribution in [0.3, 0.4) is 0 Å². The Morgan fingerprint density at radius 2 is 2.12 bits per heavy atom. The van der Waals surface area contributed by atoms with E-state index in [4.69, 9.17) is 4.74 Å². The van der Waals surface area contributed by atoms with E-state index in [0.29, 0.717) is 12.2 Å². The molecule has 1 aromatic carbocycles. The van der Waals surface area contributed by atoms with Gasteiger partial charge >= 0.3 is 0 Å². The van der Waals surface area contributed by atoms with Gasteiger partial charge in [0.15, 0.2) is 5.69 Å². The summed E-state index contributed by atoms with van der Waals surface area (Å²) in [7, 11) is 1.84. The molecule has 2 aromatic heterocycles. The number of fused-ring (bicyclic) bond motifs is 1. The number of nitrogens with one attached hydrogen (secondary N) is 1. The highest BCUT2D eigenvalue weighted by atomic mass is 32.1. The number of aromatic nitrogens is 3. The average molecular weight is 371 g/mol. The van der Waals surface area contributed by atoms with Gasteiger partial charge in [0.25, 0.3) is 5.91 Å². The van der Waals surface area contributed by atoms with Crippen LogP contribution in [0.1, 0.15) is 10.5 Å². The molecule has 8 heteroatoms. The minimum absolute atomic E-state index is 0.152. The van der Waals surface area contributed by atoms with E-state index in [-0.39, 0.29) is 5.91 Å². The summed E-state index contributed by atoms with van der Waals surface area (Å²) < 4.78 is 8.17.